The normalized spacial score (nSPS) is 12.1. The van der Waals surface area contributed by atoms with Gasteiger partial charge in [-0.3, -0.25) is 9.59 Å². The zero-order valence-corrected chi connectivity index (χ0v) is 16.5. The summed E-state index contributed by atoms with van der Waals surface area (Å²) in [5.41, 5.74) is -0.326. The lowest BCUT2D eigenvalue weighted by atomic mass is 9.92. The first-order valence-electron chi connectivity index (χ1n) is 8.88. The highest BCUT2D eigenvalue weighted by Crippen LogP contribution is 2.35. The van der Waals surface area contributed by atoms with Gasteiger partial charge in [-0.25, -0.2) is 0 Å². The van der Waals surface area contributed by atoms with Crippen molar-refractivity contribution in [2.45, 2.75) is 54.4 Å². The molecule has 0 saturated heterocycles. The number of esters is 2. The minimum Gasteiger partial charge on any atom is -0.426 e. The van der Waals surface area contributed by atoms with Crippen molar-refractivity contribution in [1.82, 2.24) is 0 Å². The van der Waals surface area contributed by atoms with Gasteiger partial charge in [0.25, 0.3) is 0 Å². The fraction of sp³-hybridized carbons (Fsp3) is 0.455. The molecule has 0 aliphatic heterocycles. The van der Waals surface area contributed by atoms with Crippen LogP contribution in [-0.4, -0.2) is 11.9 Å². The van der Waals surface area contributed by atoms with Gasteiger partial charge in [-0.15, -0.1) is 0 Å². The summed E-state index contributed by atoms with van der Waals surface area (Å²) in [7, 11) is 0. The highest BCUT2D eigenvalue weighted by Gasteiger charge is 2.21. The summed E-state index contributed by atoms with van der Waals surface area (Å²) < 4.78 is 11.2. The number of rotatable bonds is 4. The van der Waals surface area contributed by atoms with Crippen LogP contribution >= 0.6 is 0 Å². The lowest BCUT2D eigenvalue weighted by Gasteiger charge is -2.19. The summed E-state index contributed by atoms with van der Waals surface area (Å²) in [4.78, 5) is 24.5. The molecule has 0 atom stereocenters. The van der Waals surface area contributed by atoms with Crippen LogP contribution < -0.4 is 9.47 Å². The van der Waals surface area contributed by atoms with Crippen LogP contribution in [0.25, 0.3) is 10.8 Å². The maximum absolute atomic E-state index is 12.3. The molecule has 26 heavy (non-hydrogen) atoms. The second kappa shape index (κ2) is 7.48. The van der Waals surface area contributed by atoms with E-state index in [2.05, 4.69) is 0 Å². The fourth-order valence-corrected chi connectivity index (χ4v) is 2.63. The van der Waals surface area contributed by atoms with E-state index in [1.165, 1.54) is 0 Å². The van der Waals surface area contributed by atoms with Crippen LogP contribution in [0.1, 0.15) is 54.4 Å². The van der Waals surface area contributed by atoms with Gasteiger partial charge in [-0.2, -0.15) is 0 Å². The van der Waals surface area contributed by atoms with Gasteiger partial charge < -0.3 is 9.47 Å². The standard InChI is InChI=1S/C22H28O4/c1-21(2,3)13-18(23)25-16-11-7-9-15-10-8-12-17(20(15)16)26-19(24)14-22(4,5)6/h7-12H,13-14H2,1-6H3. The van der Waals surface area contributed by atoms with E-state index in [1.807, 2.05) is 65.8 Å². The summed E-state index contributed by atoms with van der Waals surface area (Å²) >= 11 is 0. The van der Waals surface area contributed by atoms with Crippen molar-refractivity contribution >= 4 is 22.7 Å². The molecule has 2 rings (SSSR count). The molecule has 0 radical (unpaired) electrons. The highest BCUT2D eigenvalue weighted by atomic mass is 16.5. The Morgan fingerprint density at radius 2 is 1.12 bits per heavy atom. The third-order valence-electron chi connectivity index (χ3n) is 3.63. The van der Waals surface area contributed by atoms with Crippen LogP contribution in [0, 0.1) is 10.8 Å². The monoisotopic (exact) mass is 356 g/mol. The van der Waals surface area contributed by atoms with Crippen molar-refractivity contribution in [3.8, 4) is 11.5 Å². The van der Waals surface area contributed by atoms with Gasteiger partial charge in [0.05, 0.1) is 18.2 Å². The molecule has 140 valence electrons. The van der Waals surface area contributed by atoms with Gasteiger partial charge in [0.15, 0.2) is 0 Å². The molecule has 0 bridgehead atoms. The number of hydrogen-bond donors (Lipinski definition) is 0. The quantitative estimate of drug-likeness (QED) is 0.534. The number of fused-ring (bicyclic) bond motifs is 1. The second-order valence-electron chi connectivity index (χ2n) is 9.03. The molecule has 2 aromatic carbocycles. The molecule has 0 amide bonds. The molecule has 2 aromatic rings. The molecule has 0 aliphatic carbocycles. The number of carbonyl (C=O) groups is 2. The van der Waals surface area contributed by atoms with E-state index < -0.39 is 0 Å². The van der Waals surface area contributed by atoms with E-state index in [9.17, 15) is 9.59 Å². The molecule has 4 nitrogen and oxygen atoms in total. The number of ether oxygens (including phenoxy) is 2. The van der Waals surface area contributed by atoms with Crippen LogP contribution in [0.15, 0.2) is 36.4 Å². The van der Waals surface area contributed by atoms with Gasteiger partial charge in [0.1, 0.15) is 11.5 Å². The molecule has 0 aromatic heterocycles. The fourth-order valence-electron chi connectivity index (χ4n) is 2.63. The van der Waals surface area contributed by atoms with E-state index in [4.69, 9.17) is 9.47 Å². The lowest BCUT2D eigenvalue weighted by Crippen LogP contribution is -2.18. The summed E-state index contributed by atoms with van der Waals surface area (Å²) in [5.74, 6) is 0.216. The van der Waals surface area contributed by atoms with E-state index in [1.54, 1.807) is 12.1 Å². The zero-order chi connectivity index (χ0) is 19.5. The van der Waals surface area contributed by atoms with Crippen molar-refractivity contribution in [3.05, 3.63) is 36.4 Å². The molecular weight excluding hydrogens is 328 g/mol. The third kappa shape index (κ3) is 5.87. The Hall–Kier alpha value is -2.36. The third-order valence-corrected chi connectivity index (χ3v) is 3.63. The van der Waals surface area contributed by atoms with Crippen molar-refractivity contribution in [2.75, 3.05) is 0 Å². The van der Waals surface area contributed by atoms with Crippen LogP contribution in [-0.2, 0) is 9.59 Å². The van der Waals surface area contributed by atoms with Gasteiger partial charge in [0.2, 0.25) is 0 Å². The predicted octanol–water partition coefficient (Wildman–Crippen LogP) is 5.52. The Morgan fingerprint density at radius 3 is 1.46 bits per heavy atom. The summed E-state index contributed by atoms with van der Waals surface area (Å²) in [6, 6.07) is 10.9. The maximum Gasteiger partial charge on any atom is 0.311 e. The van der Waals surface area contributed by atoms with Crippen LogP contribution in [0.3, 0.4) is 0 Å². The van der Waals surface area contributed by atoms with Gasteiger partial charge in [0, 0.05) is 0 Å². The zero-order valence-electron chi connectivity index (χ0n) is 16.5. The molecule has 4 heteroatoms. The van der Waals surface area contributed by atoms with E-state index in [-0.39, 0.29) is 22.8 Å². The molecule has 0 N–H and O–H groups in total. The Bertz CT molecular complexity index is 742. The topological polar surface area (TPSA) is 52.6 Å². The minimum absolute atomic E-state index is 0.163. The van der Waals surface area contributed by atoms with Crippen LogP contribution in [0.2, 0.25) is 0 Å². The Labute approximate surface area is 155 Å². The van der Waals surface area contributed by atoms with E-state index in [0.717, 1.165) is 5.39 Å². The Morgan fingerprint density at radius 1 is 0.731 bits per heavy atom. The average molecular weight is 356 g/mol. The summed E-state index contributed by atoms with van der Waals surface area (Å²) in [5, 5.41) is 1.49. The first kappa shape index (κ1) is 20.0. The van der Waals surface area contributed by atoms with Crippen molar-refractivity contribution in [2.24, 2.45) is 10.8 Å². The van der Waals surface area contributed by atoms with Crippen molar-refractivity contribution in [3.63, 3.8) is 0 Å². The average Bonchev–Trinajstić information content (AvgIpc) is 2.43. The highest BCUT2D eigenvalue weighted by molar-refractivity contribution is 5.96. The molecule has 0 unspecified atom stereocenters. The number of hydrogen-bond acceptors (Lipinski definition) is 4. The molecule has 0 saturated carbocycles. The first-order valence-corrected chi connectivity index (χ1v) is 8.88. The summed E-state index contributed by atoms with van der Waals surface area (Å²) in [6.07, 6.45) is 0.602. The van der Waals surface area contributed by atoms with Gasteiger partial charge in [-0.1, -0.05) is 65.8 Å². The Kier molecular flexibility index (Phi) is 5.74. The molecule has 0 spiro atoms. The molecule has 0 heterocycles. The van der Waals surface area contributed by atoms with E-state index in [0.29, 0.717) is 29.7 Å². The summed E-state index contributed by atoms with van der Waals surface area (Å²) in [6.45, 7) is 11.9. The van der Waals surface area contributed by atoms with Crippen molar-refractivity contribution in [1.29, 1.82) is 0 Å². The largest absolute Gasteiger partial charge is 0.426 e. The Balaban J connectivity index is 2.34. The predicted molar refractivity (Wildman–Crippen MR) is 103 cm³/mol. The number of carbonyl (C=O) groups excluding carboxylic acids is 2. The van der Waals surface area contributed by atoms with Crippen LogP contribution in [0.5, 0.6) is 11.5 Å². The van der Waals surface area contributed by atoms with Crippen molar-refractivity contribution < 1.29 is 19.1 Å². The molecule has 0 aliphatic rings. The number of benzene rings is 2. The minimum atomic E-state index is -0.305. The second-order valence-corrected chi connectivity index (χ2v) is 9.03. The van der Waals surface area contributed by atoms with Crippen LogP contribution in [0.4, 0.5) is 0 Å². The van der Waals surface area contributed by atoms with Gasteiger partial charge in [-0.05, 0) is 28.3 Å². The SMILES string of the molecule is CC(C)(C)CC(=O)Oc1cccc2cccc(OC(=O)CC(C)(C)C)c12. The maximum atomic E-state index is 12.3. The smallest absolute Gasteiger partial charge is 0.311 e. The molecular formula is C22H28O4. The lowest BCUT2D eigenvalue weighted by molar-refractivity contribution is -0.136. The van der Waals surface area contributed by atoms with Gasteiger partial charge >= 0.3 is 11.9 Å². The van der Waals surface area contributed by atoms with E-state index >= 15 is 0 Å². The first-order chi connectivity index (χ1) is 11.9. The molecule has 0 fully saturated rings.